The number of carbonyl (C=O) groups excluding carboxylic acids is 2. The van der Waals surface area contributed by atoms with Crippen molar-refractivity contribution in [1.29, 1.82) is 0 Å². The molecule has 2 rings (SSSR count). The normalized spacial score (nSPS) is 11.3. The van der Waals surface area contributed by atoms with Crippen LogP contribution in [0.2, 0.25) is 0 Å². The first-order valence-electron chi connectivity index (χ1n) is 26.5. The largest absolute Gasteiger partial charge is 0.491 e. The minimum atomic E-state index is -1.39. The number of hydrogen-bond donors (Lipinski definition) is 12. The van der Waals surface area contributed by atoms with E-state index in [0.717, 1.165) is 50.0 Å². The summed E-state index contributed by atoms with van der Waals surface area (Å²) >= 11 is 0. The van der Waals surface area contributed by atoms with Gasteiger partial charge in [0.1, 0.15) is 30.1 Å². The Morgan fingerprint density at radius 3 is 1.05 bits per heavy atom. The number of carboxylic acid groups (broad SMARTS) is 3. The number of isocyanates is 2. The Hall–Kier alpha value is -5.19. The molecule has 2 atom stereocenters. The van der Waals surface area contributed by atoms with E-state index in [1.807, 2.05) is 31.2 Å². The first-order valence-corrected chi connectivity index (χ1v) is 26.5. The first-order chi connectivity index (χ1) is 36.9. The topological polar surface area (TPSA) is 375 Å². The fourth-order valence-corrected chi connectivity index (χ4v) is 5.48. The molecule has 0 heterocycles. The average Bonchev–Trinajstić information content (AvgIpc) is 3.43. The van der Waals surface area contributed by atoms with E-state index < -0.39 is 54.2 Å². The first kappa shape index (κ1) is 81.7. The second-order valence-corrected chi connectivity index (χ2v) is 18.6. The van der Waals surface area contributed by atoms with Crippen LogP contribution in [-0.4, -0.2) is 201 Å². The van der Waals surface area contributed by atoms with Crippen LogP contribution in [0.15, 0.2) is 58.5 Å². The number of carboxylic acids is 3. The minimum absolute atomic E-state index is 0.0628. The summed E-state index contributed by atoms with van der Waals surface area (Å²) in [6.07, 6.45) is 8.89. The maximum absolute atomic E-state index is 10.2. The van der Waals surface area contributed by atoms with E-state index in [9.17, 15) is 34.2 Å². The van der Waals surface area contributed by atoms with Crippen molar-refractivity contribution in [1.82, 2.24) is 4.90 Å². The van der Waals surface area contributed by atoms with Gasteiger partial charge in [0.15, 0.2) is 0 Å². The SMILES string of the molecule is CC(CO)(CO)C(=O)O.CC(O)COc1ccc(C(C)(C)c2ccc(OCC(C)O)cc2)cc1.CCC(CO)(CO)CO.CCN(CC)CC.O=C(O)CCCCC(=O)O.O=C=NCCCCCCN=C=O.OCCCCO. The van der Waals surface area contributed by atoms with E-state index in [0.29, 0.717) is 32.4 Å². The van der Waals surface area contributed by atoms with Gasteiger partial charge in [0.25, 0.3) is 0 Å². The number of rotatable bonds is 33. The summed E-state index contributed by atoms with van der Waals surface area (Å²) < 4.78 is 11.0. The van der Waals surface area contributed by atoms with Crippen LogP contribution in [0.25, 0.3) is 0 Å². The van der Waals surface area contributed by atoms with Crippen molar-refractivity contribution in [2.75, 3.05) is 92.2 Å². The third kappa shape index (κ3) is 46.9. The smallest absolute Gasteiger partial charge is 0.314 e. The Bertz CT molecular complexity index is 1690. The zero-order chi connectivity index (χ0) is 60.9. The lowest BCUT2D eigenvalue weighted by molar-refractivity contribution is -0.153. The second kappa shape index (κ2) is 53.8. The number of unbranched alkanes of at least 4 members (excludes halogenated alkanes) is 5. The average molecular weight is 1120 g/mol. The van der Waals surface area contributed by atoms with E-state index in [-0.39, 0.29) is 64.5 Å². The number of aliphatic carboxylic acids is 3. The molecule has 0 aliphatic rings. The maximum atomic E-state index is 10.2. The molecule has 78 heavy (non-hydrogen) atoms. The van der Waals surface area contributed by atoms with Crippen molar-refractivity contribution in [3.05, 3.63) is 59.7 Å². The molecule has 2 aromatic rings. The zero-order valence-electron chi connectivity index (χ0n) is 48.0. The molecule has 12 N–H and O–H groups in total. The highest BCUT2D eigenvalue weighted by atomic mass is 16.5. The Labute approximate surface area is 463 Å². The third-order valence-corrected chi connectivity index (χ3v) is 11.5. The number of nitrogens with zero attached hydrogens (tertiary/aromatic N) is 3. The standard InChI is InChI=1S/C21H28O4.C8H12N2O2.C6H15N.C6H10O4.C6H14O3.C5H10O4.C4H10O2/c1-15(22)13-24-19-9-5-17(6-10-19)21(3,4)18-7-11-20(12-8-18)25-14-16(2)23;11-7-9-5-3-1-2-4-6-10-8-12;1-4-7(5-2)6-3;7-5(8)3-1-2-4-6(9)10;1-2-6(3-7,4-8)5-9;1-5(2-6,3-7)4(8)9;5-3-1-2-4-6/h5-12,15-16,22-23H,13-14H2,1-4H3;1-6H2;4-6H2,1-3H3;1-4H2,(H,7,8)(H,9,10);7-9H,2-5H2,1H3;6-7H,2-3H2,1H3,(H,8,9);5-6H,1-4H2. The van der Waals surface area contributed by atoms with Gasteiger partial charge in [0.05, 0.1) is 58.3 Å². The third-order valence-electron chi connectivity index (χ3n) is 11.5. The molecule has 22 heteroatoms. The van der Waals surface area contributed by atoms with Gasteiger partial charge in [-0.2, -0.15) is 0 Å². The second-order valence-electron chi connectivity index (χ2n) is 18.6. The molecule has 0 spiro atoms. The van der Waals surface area contributed by atoms with Crippen molar-refractivity contribution in [3.8, 4) is 11.5 Å². The van der Waals surface area contributed by atoms with Gasteiger partial charge >= 0.3 is 17.9 Å². The van der Waals surface area contributed by atoms with Crippen LogP contribution >= 0.6 is 0 Å². The van der Waals surface area contributed by atoms with Gasteiger partial charge in [0, 0.05) is 36.9 Å². The monoisotopic (exact) mass is 1120 g/mol. The maximum Gasteiger partial charge on any atom is 0.314 e. The van der Waals surface area contributed by atoms with Gasteiger partial charge in [-0.3, -0.25) is 14.4 Å². The predicted octanol–water partition coefficient (Wildman–Crippen LogP) is 4.99. The Morgan fingerprint density at radius 1 is 0.538 bits per heavy atom. The minimum Gasteiger partial charge on any atom is -0.491 e. The number of benzene rings is 2. The molecule has 0 bridgehead atoms. The van der Waals surface area contributed by atoms with Crippen LogP contribution in [0.3, 0.4) is 0 Å². The van der Waals surface area contributed by atoms with Crippen LogP contribution in [-0.2, 0) is 29.4 Å². The summed E-state index contributed by atoms with van der Waals surface area (Å²) in [5, 5.41) is 102. The molecule has 0 aliphatic heterocycles. The molecule has 0 aromatic heterocycles. The highest BCUT2D eigenvalue weighted by molar-refractivity contribution is 5.74. The molecule has 0 saturated heterocycles. The van der Waals surface area contributed by atoms with Crippen LogP contribution in [0.1, 0.15) is 144 Å². The molecule has 0 amide bonds. The van der Waals surface area contributed by atoms with Gasteiger partial charge in [-0.1, -0.05) is 78.6 Å². The summed E-state index contributed by atoms with van der Waals surface area (Å²) in [6.45, 7) is 21.5. The number of ether oxygens (including phenoxy) is 2. The summed E-state index contributed by atoms with van der Waals surface area (Å²) in [5.41, 5.74) is 0.134. The van der Waals surface area contributed by atoms with Crippen LogP contribution in [0.5, 0.6) is 11.5 Å². The predicted molar refractivity (Wildman–Crippen MR) is 298 cm³/mol. The zero-order valence-corrected chi connectivity index (χ0v) is 48.0. The lowest BCUT2D eigenvalue weighted by Crippen LogP contribution is -2.35. The lowest BCUT2D eigenvalue weighted by atomic mass is 9.78. The molecule has 0 aliphatic carbocycles. The molecule has 2 aromatic carbocycles. The van der Waals surface area contributed by atoms with Gasteiger partial charge in [-0.25, -0.2) is 19.6 Å². The van der Waals surface area contributed by atoms with E-state index in [2.05, 4.69) is 73.8 Å². The van der Waals surface area contributed by atoms with Crippen molar-refractivity contribution in [2.24, 2.45) is 20.8 Å². The van der Waals surface area contributed by atoms with E-state index in [1.165, 1.54) is 49.8 Å². The molecule has 2 unspecified atom stereocenters. The summed E-state index contributed by atoms with van der Waals surface area (Å²) in [4.78, 5) is 58.4. The summed E-state index contributed by atoms with van der Waals surface area (Å²) in [6, 6.07) is 15.9. The molecule has 0 radical (unpaired) electrons. The lowest BCUT2D eigenvalue weighted by Gasteiger charge is -2.26. The number of aliphatic hydroxyl groups is 9. The van der Waals surface area contributed by atoms with Crippen molar-refractivity contribution >= 4 is 30.1 Å². The molecular weight excluding hydrogens is 1020 g/mol. The van der Waals surface area contributed by atoms with Gasteiger partial charge in [-0.05, 0) is 121 Å². The molecule has 22 nitrogen and oxygen atoms in total. The van der Waals surface area contributed by atoms with Gasteiger partial charge < -0.3 is 75.7 Å². The van der Waals surface area contributed by atoms with E-state index in [4.69, 9.17) is 60.5 Å². The number of aliphatic hydroxyl groups excluding tert-OH is 9. The Balaban J connectivity index is -0.000000286. The van der Waals surface area contributed by atoms with Crippen molar-refractivity contribution in [3.63, 3.8) is 0 Å². The fourth-order valence-electron chi connectivity index (χ4n) is 5.48. The van der Waals surface area contributed by atoms with E-state index >= 15 is 0 Å². The molecule has 0 saturated carbocycles. The fraction of sp³-hybridized carbons (Fsp3) is 0.696. The summed E-state index contributed by atoms with van der Waals surface area (Å²) in [5.74, 6) is -1.42. The van der Waals surface area contributed by atoms with Crippen LogP contribution in [0, 0.1) is 10.8 Å². The summed E-state index contributed by atoms with van der Waals surface area (Å²) in [7, 11) is 0. The Kier molecular flexibility index (Phi) is 56.3. The van der Waals surface area contributed by atoms with Crippen molar-refractivity contribution < 1.29 is 94.7 Å². The molecule has 0 fully saturated rings. The van der Waals surface area contributed by atoms with Gasteiger partial charge in [-0.15, -0.1) is 0 Å². The molecular formula is C56H99N3O19. The van der Waals surface area contributed by atoms with Crippen molar-refractivity contribution in [2.45, 2.75) is 151 Å². The molecule has 452 valence electrons. The Morgan fingerprint density at radius 2 is 0.872 bits per heavy atom. The number of hydrogen-bond acceptors (Lipinski definition) is 19. The quantitative estimate of drug-likeness (QED) is 0.0254. The van der Waals surface area contributed by atoms with Gasteiger partial charge in [0.2, 0.25) is 12.2 Å². The van der Waals surface area contributed by atoms with Crippen LogP contribution in [0.4, 0.5) is 0 Å². The van der Waals surface area contributed by atoms with Crippen LogP contribution < -0.4 is 9.47 Å². The number of aliphatic imine (C=N–C) groups is 2. The van der Waals surface area contributed by atoms with E-state index in [1.54, 1.807) is 13.8 Å². The highest BCUT2D eigenvalue weighted by Crippen LogP contribution is 2.33. The number of carbonyl (C=O) groups is 3. The highest BCUT2D eigenvalue weighted by Gasteiger charge is 2.31.